The summed E-state index contributed by atoms with van der Waals surface area (Å²) >= 11 is 0. The summed E-state index contributed by atoms with van der Waals surface area (Å²) in [5, 5.41) is 11.1. The summed E-state index contributed by atoms with van der Waals surface area (Å²) in [5.74, 6) is -0.216. The van der Waals surface area contributed by atoms with Crippen LogP contribution in [0.2, 0.25) is 0 Å². The van der Waals surface area contributed by atoms with Crippen molar-refractivity contribution in [1.29, 1.82) is 0 Å². The molecule has 0 saturated carbocycles. The van der Waals surface area contributed by atoms with Crippen molar-refractivity contribution in [3.63, 3.8) is 0 Å². The number of nitro benzene ring substituents is 1. The van der Waals surface area contributed by atoms with Crippen LogP contribution in [-0.2, 0) is 13.1 Å². The van der Waals surface area contributed by atoms with Gasteiger partial charge >= 0.3 is 0 Å². The van der Waals surface area contributed by atoms with E-state index in [-0.39, 0.29) is 17.6 Å². The van der Waals surface area contributed by atoms with Crippen molar-refractivity contribution in [2.75, 3.05) is 0 Å². The van der Waals surface area contributed by atoms with Crippen LogP contribution in [0.1, 0.15) is 41.0 Å². The molecule has 3 aromatic rings. The molecule has 0 N–H and O–H groups in total. The van der Waals surface area contributed by atoms with Crippen LogP contribution in [0.5, 0.6) is 0 Å². The molecule has 0 bridgehead atoms. The van der Waals surface area contributed by atoms with Crippen LogP contribution in [0.3, 0.4) is 0 Å². The molecule has 0 aliphatic carbocycles. The number of hydrogen-bond acceptors (Lipinski definition) is 3. The van der Waals surface area contributed by atoms with E-state index in [4.69, 9.17) is 0 Å². The number of non-ortho nitro benzene ring substituents is 1. The molecule has 0 unspecified atom stereocenters. The molecule has 6 nitrogen and oxygen atoms in total. The van der Waals surface area contributed by atoms with Crippen LogP contribution in [0.25, 0.3) is 0 Å². The van der Waals surface area contributed by atoms with Gasteiger partial charge in [0.25, 0.3) is 11.6 Å². The van der Waals surface area contributed by atoms with Crippen molar-refractivity contribution < 1.29 is 9.72 Å². The fourth-order valence-electron chi connectivity index (χ4n) is 3.22. The Hall–Kier alpha value is -3.41. The monoisotopic (exact) mass is 391 g/mol. The highest BCUT2D eigenvalue weighted by Gasteiger charge is 2.22. The maximum Gasteiger partial charge on any atom is 0.270 e. The standard InChI is InChI=1S/C23H25N3O3/c1-17(2)25(23(27)20-6-4-7-21(14-20)26(28)29)16-22-8-5-13-24(22)15-19-11-9-18(3)10-12-19/h4-14,17H,15-16H2,1-3H3. The maximum absolute atomic E-state index is 13.1. The molecule has 0 radical (unpaired) electrons. The van der Waals surface area contributed by atoms with Crippen molar-refractivity contribution in [3.05, 3.63) is 99.4 Å². The van der Waals surface area contributed by atoms with E-state index in [0.717, 1.165) is 12.2 Å². The number of rotatable bonds is 7. The van der Waals surface area contributed by atoms with Gasteiger partial charge in [-0.1, -0.05) is 35.9 Å². The quantitative estimate of drug-likeness (QED) is 0.429. The van der Waals surface area contributed by atoms with E-state index >= 15 is 0 Å². The van der Waals surface area contributed by atoms with E-state index in [1.165, 1.54) is 23.3 Å². The number of benzene rings is 2. The zero-order valence-electron chi connectivity index (χ0n) is 16.9. The summed E-state index contributed by atoms with van der Waals surface area (Å²) in [4.78, 5) is 25.4. The Kier molecular flexibility index (Phi) is 6.12. The SMILES string of the molecule is Cc1ccc(Cn2cccc2CN(C(=O)c2cccc([N+](=O)[O-])c2)C(C)C)cc1. The number of aromatic nitrogens is 1. The fourth-order valence-corrected chi connectivity index (χ4v) is 3.22. The number of carbonyl (C=O) groups excluding carboxylic acids is 1. The van der Waals surface area contributed by atoms with Gasteiger partial charge in [-0.2, -0.15) is 0 Å². The normalized spacial score (nSPS) is 10.9. The third kappa shape index (κ3) is 4.90. The van der Waals surface area contributed by atoms with Gasteiger partial charge in [0.2, 0.25) is 0 Å². The molecule has 2 aromatic carbocycles. The van der Waals surface area contributed by atoms with Crippen molar-refractivity contribution in [2.45, 2.75) is 39.9 Å². The zero-order valence-corrected chi connectivity index (χ0v) is 16.9. The van der Waals surface area contributed by atoms with Crippen molar-refractivity contribution in [3.8, 4) is 0 Å². The Morgan fingerprint density at radius 1 is 1.10 bits per heavy atom. The van der Waals surface area contributed by atoms with Crippen LogP contribution < -0.4 is 0 Å². The van der Waals surface area contributed by atoms with Crippen LogP contribution in [0.15, 0.2) is 66.9 Å². The summed E-state index contributed by atoms with van der Waals surface area (Å²) in [6.07, 6.45) is 2.01. The number of aryl methyl sites for hydroxylation is 1. The summed E-state index contributed by atoms with van der Waals surface area (Å²) in [7, 11) is 0. The lowest BCUT2D eigenvalue weighted by Gasteiger charge is -2.27. The van der Waals surface area contributed by atoms with Gasteiger partial charge < -0.3 is 9.47 Å². The van der Waals surface area contributed by atoms with E-state index in [0.29, 0.717) is 12.1 Å². The third-order valence-corrected chi connectivity index (χ3v) is 4.92. The maximum atomic E-state index is 13.1. The van der Waals surface area contributed by atoms with Gasteiger partial charge in [0, 0.05) is 42.2 Å². The van der Waals surface area contributed by atoms with Gasteiger partial charge in [0.05, 0.1) is 11.5 Å². The molecule has 0 aliphatic rings. The lowest BCUT2D eigenvalue weighted by atomic mass is 10.1. The highest BCUT2D eigenvalue weighted by atomic mass is 16.6. The van der Waals surface area contributed by atoms with E-state index in [2.05, 4.69) is 35.8 Å². The molecular formula is C23H25N3O3. The van der Waals surface area contributed by atoms with Crippen LogP contribution >= 0.6 is 0 Å². The molecule has 0 saturated heterocycles. The molecule has 29 heavy (non-hydrogen) atoms. The first-order valence-electron chi connectivity index (χ1n) is 9.60. The summed E-state index contributed by atoms with van der Waals surface area (Å²) in [6, 6.07) is 18.2. The molecule has 0 spiro atoms. The van der Waals surface area contributed by atoms with E-state index < -0.39 is 4.92 Å². The highest BCUT2D eigenvalue weighted by molar-refractivity contribution is 5.95. The molecule has 1 heterocycles. The Bertz CT molecular complexity index is 1010. The molecular weight excluding hydrogens is 366 g/mol. The Balaban J connectivity index is 1.82. The minimum absolute atomic E-state index is 0.0514. The lowest BCUT2D eigenvalue weighted by molar-refractivity contribution is -0.384. The molecule has 1 amide bonds. The van der Waals surface area contributed by atoms with Crippen LogP contribution in [-0.4, -0.2) is 26.3 Å². The Labute approximate surface area is 170 Å². The highest BCUT2D eigenvalue weighted by Crippen LogP contribution is 2.19. The molecule has 6 heteroatoms. The zero-order chi connectivity index (χ0) is 21.0. The van der Waals surface area contributed by atoms with Gasteiger partial charge in [0.15, 0.2) is 0 Å². The van der Waals surface area contributed by atoms with Gasteiger partial charge in [0.1, 0.15) is 0 Å². The summed E-state index contributed by atoms with van der Waals surface area (Å²) < 4.78 is 2.13. The minimum atomic E-state index is -0.483. The molecule has 1 aromatic heterocycles. The molecule has 0 aliphatic heterocycles. The number of nitro groups is 1. The van der Waals surface area contributed by atoms with E-state index in [1.807, 2.05) is 32.2 Å². The number of amides is 1. The van der Waals surface area contributed by atoms with Crippen molar-refractivity contribution in [1.82, 2.24) is 9.47 Å². The third-order valence-electron chi connectivity index (χ3n) is 4.92. The number of hydrogen-bond donors (Lipinski definition) is 0. The smallest absolute Gasteiger partial charge is 0.270 e. The van der Waals surface area contributed by atoms with Gasteiger partial charge in [-0.15, -0.1) is 0 Å². The molecule has 0 fully saturated rings. The second kappa shape index (κ2) is 8.73. The first kappa shape index (κ1) is 20.3. The summed E-state index contributed by atoms with van der Waals surface area (Å²) in [6.45, 7) is 7.10. The van der Waals surface area contributed by atoms with Crippen molar-refractivity contribution in [2.24, 2.45) is 0 Å². The largest absolute Gasteiger partial charge is 0.345 e. The topological polar surface area (TPSA) is 68.4 Å². The number of carbonyl (C=O) groups is 1. The lowest BCUT2D eigenvalue weighted by Crippen LogP contribution is -2.37. The number of nitrogens with zero attached hydrogens (tertiary/aromatic N) is 3. The minimum Gasteiger partial charge on any atom is -0.345 e. The molecule has 0 atom stereocenters. The predicted octanol–water partition coefficient (Wildman–Crippen LogP) is 4.80. The molecule has 3 rings (SSSR count). The average molecular weight is 391 g/mol. The first-order valence-corrected chi connectivity index (χ1v) is 9.60. The Morgan fingerprint density at radius 3 is 2.48 bits per heavy atom. The second-order valence-corrected chi connectivity index (χ2v) is 7.45. The van der Waals surface area contributed by atoms with Crippen LogP contribution in [0, 0.1) is 17.0 Å². The fraction of sp³-hybridized carbons (Fsp3) is 0.261. The van der Waals surface area contributed by atoms with Gasteiger partial charge in [-0.25, -0.2) is 0 Å². The average Bonchev–Trinajstić information content (AvgIpc) is 3.14. The summed E-state index contributed by atoms with van der Waals surface area (Å²) in [5.41, 5.74) is 3.66. The van der Waals surface area contributed by atoms with E-state index in [9.17, 15) is 14.9 Å². The van der Waals surface area contributed by atoms with Crippen LogP contribution in [0.4, 0.5) is 5.69 Å². The van der Waals surface area contributed by atoms with Gasteiger partial charge in [-0.3, -0.25) is 14.9 Å². The van der Waals surface area contributed by atoms with Gasteiger partial charge in [-0.05, 0) is 44.5 Å². The predicted molar refractivity (Wildman–Crippen MR) is 113 cm³/mol. The Morgan fingerprint density at radius 2 is 1.83 bits per heavy atom. The van der Waals surface area contributed by atoms with E-state index in [1.54, 1.807) is 17.0 Å². The molecule has 150 valence electrons. The second-order valence-electron chi connectivity index (χ2n) is 7.45. The van der Waals surface area contributed by atoms with Crippen molar-refractivity contribution >= 4 is 11.6 Å². The first-order chi connectivity index (χ1) is 13.8.